The van der Waals surface area contributed by atoms with Crippen LogP contribution in [0.3, 0.4) is 0 Å². The first kappa shape index (κ1) is 16.6. The van der Waals surface area contributed by atoms with E-state index in [1.165, 1.54) is 6.08 Å². The van der Waals surface area contributed by atoms with E-state index in [0.29, 0.717) is 20.8 Å². The number of allylic oxidation sites excluding steroid dienone is 1. The van der Waals surface area contributed by atoms with Gasteiger partial charge in [-0.1, -0.05) is 46.9 Å². The molecule has 2 atom stereocenters. The van der Waals surface area contributed by atoms with Crippen molar-refractivity contribution < 1.29 is 9.59 Å². The van der Waals surface area contributed by atoms with Gasteiger partial charge in [-0.25, -0.2) is 0 Å². The Kier molecular flexibility index (Phi) is 3.91. The highest BCUT2D eigenvalue weighted by Crippen LogP contribution is 2.52. The Morgan fingerprint density at radius 1 is 0.960 bits per heavy atom. The fourth-order valence-corrected chi connectivity index (χ4v) is 4.48. The Morgan fingerprint density at radius 3 is 2.40 bits per heavy atom. The van der Waals surface area contributed by atoms with Gasteiger partial charge in [0.25, 0.3) is 0 Å². The summed E-state index contributed by atoms with van der Waals surface area (Å²) in [6.07, 6.45) is 3.36. The van der Waals surface area contributed by atoms with Crippen molar-refractivity contribution in [2.75, 3.05) is 5.32 Å². The summed E-state index contributed by atoms with van der Waals surface area (Å²) in [6.45, 7) is 0. The zero-order valence-electron chi connectivity index (χ0n) is 12.9. The first-order valence-electron chi connectivity index (χ1n) is 7.70. The van der Waals surface area contributed by atoms with Crippen LogP contribution in [0.2, 0.25) is 15.1 Å². The minimum atomic E-state index is -0.984. The average Bonchev–Trinajstić information content (AvgIpc) is 2.80. The van der Waals surface area contributed by atoms with Crippen molar-refractivity contribution in [3.8, 4) is 0 Å². The third-order valence-electron chi connectivity index (χ3n) is 4.83. The molecule has 0 unspecified atom stereocenters. The molecule has 1 aliphatic heterocycles. The highest BCUT2D eigenvalue weighted by Gasteiger charge is 2.53. The van der Waals surface area contributed by atoms with Gasteiger partial charge >= 0.3 is 0 Å². The molecule has 0 bridgehead atoms. The van der Waals surface area contributed by atoms with Crippen LogP contribution in [-0.2, 0) is 15.0 Å². The van der Waals surface area contributed by atoms with Gasteiger partial charge in [-0.2, -0.15) is 0 Å². The third kappa shape index (κ3) is 2.58. The molecular weight excluding hydrogens is 381 g/mol. The third-order valence-corrected chi connectivity index (χ3v) is 5.50. The van der Waals surface area contributed by atoms with E-state index in [-0.39, 0.29) is 18.1 Å². The molecule has 0 fully saturated rings. The lowest BCUT2D eigenvalue weighted by atomic mass is 9.64. The first-order valence-corrected chi connectivity index (χ1v) is 8.83. The van der Waals surface area contributed by atoms with Gasteiger partial charge in [0.1, 0.15) is 5.41 Å². The van der Waals surface area contributed by atoms with Crippen molar-refractivity contribution in [2.24, 2.45) is 0 Å². The first-order chi connectivity index (χ1) is 11.9. The summed E-state index contributed by atoms with van der Waals surface area (Å²) in [5, 5.41) is 4.36. The molecule has 25 heavy (non-hydrogen) atoms. The van der Waals surface area contributed by atoms with Crippen LogP contribution in [0.4, 0.5) is 5.69 Å². The van der Waals surface area contributed by atoms with Gasteiger partial charge in [0.05, 0.1) is 0 Å². The maximum Gasteiger partial charge on any atom is 0.239 e. The van der Waals surface area contributed by atoms with Gasteiger partial charge in [0, 0.05) is 33.1 Å². The molecule has 2 aromatic rings. The second-order valence-electron chi connectivity index (χ2n) is 6.27. The molecule has 126 valence electrons. The number of hydrogen-bond donors (Lipinski definition) is 1. The number of benzene rings is 2. The van der Waals surface area contributed by atoms with E-state index in [1.807, 2.05) is 6.07 Å². The number of rotatable bonds is 1. The summed E-state index contributed by atoms with van der Waals surface area (Å²) in [7, 11) is 0. The smallest absolute Gasteiger partial charge is 0.239 e. The number of hydrogen-bond acceptors (Lipinski definition) is 2. The number of carbonyl (C=O) groups is 2. The fourth-order valence-electron chi connectivity index (χ4n) is 3.77. The molecule has 2 aliphatic rings. The molecule has 0 saturated carbocycles. The number of fused-ring (bicyclic) bond motifs is 2. The molecule has 1 aliphatic carbocycles. The van der Waals surface area contributed by atoms with E-state index in [2.05, 4.69) is 5.32 Å². The summed E-state index contributed by atoms with van der Waals surface area (Å²) in [5.74, 6) is -0.625. The van der Waals surface area contributed by atoms with E-state index in [0.717, 1.165) is 11.1 Å². The van der Waals surface area contributed by atoms with Crippen LogP contribution in [0.25, 0.3) is 0 Å². The number of ketones is 1. The maximum atomic E-state index is 13.0. The average molecular weight is 393 g/mol. The lowest BCUT2D eigenvalue weighted by Crippen LogP contribution is -2.41. The SMILES string of the molecule is O=C1C=C[C@@]2(C(=O)Nc3cc(Cl)ccc32)[C@@H](c2cc(Cl)cc(Cl)c2)C1. The second-order valence-corrected chi connectivity index (χ2v) is 7.58. The van der Waals surface area contributed by atoms with Gasteiger partial charge < -0.3 is 5.32 Å². The van der Waals surface area contributed by atoms with Crippen LogP contribution in [0.1, 0.15) is 23.5 Å². The number of amides is 1. The van der Waals surface area contributed by atoms with Crippen molar-refractivity contribution in [3.05, 3.63) is 74.7 Å². The second kappa shape index (κ2) is 5.87. The van der Waals surface area contributed by atoms with Crippen molar-refractivity contribution in [3.63, 3.8) is 0 Å². The van der Waals surface area contributed by atoms with Gasteiger partial charge in [-0.3, -0.25) is 9.59 Å². The number of carbonyl (C=O) groups excluding carboxylic acids is 2. The molecule has 1 amide bonds. The monoisotopic (exact) mass is 391 g/mol. The number of anilines is 1. The topological polar surface area (TPSA) is 46.2 Å². The van der Waals surface area contributed by atoms with Crippen LogP contribution in [0.15, 0.2) is 48.6 Å². The Labute approximate surface area is 159 Å². The van der Waals surface area contributed by atoms with E-state index in [9.17, 15) is 9.59 Å². The predicted octanol–water partition coefficient (Wildman–Crippen LogP) is 5.15. The zero-order chi connectivity index (χ0) is 17.8. The molecule has 6 heteroatoms. The fraction of sp³-hybridized carbons (Fsp3) is 0.158. The largest absolute Gasteiger partial charge is 0.325 e. The van der Waals surface area contributed by atoms with Crippen molar-refractivity contribution in [1.29, 1.82) is 0 Å². The number of halogens is 3. The van der Waals surface area contributed by atoms with Crippen LogP contribution >= 0.6 is 34.8 Å². The van der Waals surface area contributed by atoms with E-state index < -0.39 is 11.3 Å². The zero-order valence-corrected chi connectivity index (χ0v) is 15.1. The summed E-state index contributed by atoms with van der Waals surface area (Å²) >= 11 is 18.4. The maximum absolute atomic E-state index is 13.0. The molecule has 0 saturated heterocycles. The minimum Gasteiger partial charge on any atom is -0.325 e. The molecular formula is C19H12Cl3NO2. The lowest BCUT2D eigenvalue weighted by Gasteiger charge is -2.36. The van der Waals surface area contributed by atoms with Gasteiger partial charge in [0.2, 0.25) is 5.91 Å². The molecule has 2 aromatic carbocycles. The highest BCUT2D eigenvalue weighted by molar-refractivity contribution is 6.34. The van der Waals surface area contributed by atoms with Crippen LogP contribution < -0.4 is 5.32 Å². The summed E-state index contributed by atoms with van der Waals surface area (Å²) < 4.78 is 0. The molecule has 1 heterocycles. The highest BCUT2D eigenvalue weighted by atomic mass is 35.5. The minimum absolute atomic E-state index is 0.0399. The summed E-state index contributed by atoms with van der Waals surface area (Å²) in [5.41, 5.74) is 1.23. The van der Waals surface area contributed by atoms with E-state index >= 15 is 0 Å². The lowest BCUT2D eigenvalue weighted by molar-refractivity contribution is -0.121. The molecule has 1 spiro atoms. The quantitative estimate of drug-likeness (QED) is 0.729. The summed E-state index contributed by atoms with van der Waals surface area (Å²) in [4.78, 5) is 25.1. The van der Waals surface area contributed by atoms with Crippen LogP contribution in [0, 0.1) is 0 Å². The van der Waals surface area contributed by atoms with Crippen molar-refractivity contribution in [2.45, 2.75) is 17.8 Å². The Morgan fingerprint density at radius 2 is 1.68 bits per heavy atom. The van der Waals surface area contributed by atoms with Crippen LogP contribution in [-0.4, -0.2) is 11.7 Å². The number of nitrogens with one attached hydrogen (secondary N) is 1. The van der Waals surface area contributed by atoms with Crippen LogP contribution in [0.5, 0.6) is 0 Å². The van der Waals surface area contributed by atoms with Gasteiger partial charge in [-0.15, -0.1) is 0 Å². The van der Waals surface area contributed by atoms with E-state index in [1.54, 1.807) is 36.4 Å². The standard InChI is InChI=1S/C19H12Cl3NO2/c20-11-1-2-15-17(8-11)23-18(25)19(15)4-3-14(24)9-16(19)10-5-12(21)7-13(22)6-10/h1-8,16H,9H2,(H,23,25)/t16-,19+/m1/s1. The predicted molar refractivity (Wildman–Crippen MR) is 99.7 cm³/mol. The Balaban J connectivity index is 1.96. The molecule has 0 aromatic heterocycles. The van der Waals surface area contributed by atoms with Crippen molar-refractivity contribution >= 4 is 52.2 Å². The Hall–Kier alpha value is -1.81. The van der Waals surface area contributed by atoms with Crippen molar-refractivity contribution in [1.82, 2.24) is 0 Å². The Bertz CT molecular complexity index is 933. The molecule has 0 radical (unpaired) electrons. The summed E-state index contributed by atoms with van der Waals surface area (Å²) in [6, 6.07) is 10.4. The van der Waals surface area contributed by atoms with Gasteiger partial charge in [-0.05, 0) is 47.5 Å². The molecule has 1 N–H and O–H groups in total. The normalized spacial score (nSPS) is 24.5. The molecule has 4 rings (SSSR count). The molecule has 3 nitrogen and oxygen atoms in total. The van der Waals surface area contributed by atoms with E-state index in [4.69, 9.17) is 34.8 Å². The van der Waals surface area contributed by atoms with Gasteiger partial charge in [0.15, 0.2) is 5.78 Å².